The molecule has 1 aliphatic heterocycles. The second kappa shape index (κ2) is 11.2. The summed E-state index contributed by atoms with van der Waals surface area (Å²) in [6, 6.07) is 21.6. The molecular weight excluding hydrogens is 516 g/mol. The summed E-state index contributed by atoms with van der Waals surface area (Å²) in [5.41, 5.74) is 2.19. The molecule has 3 aromatic carbocycles. The van der Waals surface area contributed by atoms with E-state index in [1.165, 1.54) is 9.87 Å². The van der Waals surface area contributed by atoms with Crippen LogP contribution in [-0.4, -0.2) is 38.3 Å². The normalized spacial score (nSPS) is 14.5. The molecule has 0 saturated carbocycles. The highest BCUT2D eigenvalue weighted by atomic mass is 79.9. The molecule has 0 aliphatic carbocycles. The second-order valence-electron chi connectivity index (χ2n) is 8.17. The number of carbonyl (C=O) groups excluding carboxylic acids is 1. The lowest BCUT2D eigenvalue weighted by Gasteiger charge is -2.25. The highest BCUT2D eigenvalue weighted by Crippen LogP contribution is 2.27. The quantitative estimate of drug-likeness (QED) is 0.407. The van der Waals surface area contributed by atoms with Crippen molar-refractivity contribution in [3.63, 3.8) is 0 Å². The van der Waals surface area contributed by atoms with Crippen LogP contribution < -0.4 is 10.1 Å². The van der Waals surface area contributed by atoms with Crippen LogP contribution in [-0.2, 0) is 16.4 Å². The number of nitrogens with one attached hydrogen (secondary N) is 1. The number of carbonyl (C=O) groups is 1. The smallest absolute Gasteiger partial charge is 0.255 e. The minimum atomic E-state index is -3.49. The highest BCUT2D eigenvalue weighted by molar-refractivity contribution is 9.10. The average Bonchev–Trinajstić information content (AvgIpc) is 2.86. The molecule has 0 atom stereocenters. The molecule has 6 nitrogen and oxygen atoms in total. The van der Waals surface area contributed by atoms with E-state index in [0.29, 0.717) is 41.2 Å². The number of amides is 1. The predicted molar refractivity (Wildman–Crippen MR) is 137 cm³/mol. The first kappa shape index (κ1) is 24.4. The second-order valence-corrected chi connectivity index (χ2v) is 11.0. The Balaban J connectivity index is 1.35. The van der Waals surface area contributed by atoms with Crippen LogP contribution in [0.25, 0.3) is 0 Å². The minimum Gasteiger partial charge on any atom is -0.492 e. The van der Waals surface area contributed by atoms with Crippen LogP contribution in [0, 0.1) is 0 Å². The monoisotopic (exact) mass is 542 g/mol. The van der Waals surface area contributed by atoms with Crippen molar-refractivity contribution in [3.8, 4) is 5.75 Å². The number of sulfonamides is 1. The van der Waals surface area contributed by atoms with Crippen LogP contribution in [0.5, 0.6) is 5.75 Å². The molecule has 0 aromatic heterocycles. The van der Waals surface area contributed by atoms with Crippen molar-refractivity contribution in [1.82, 2.24) is 4.31 Å². The van der Waals surface area contributed by atoms with Crippen molar-refractivity contribution in [2.75, 3.05) is 25.0 Å². The molecule has 0 radical (unpaired) electrons. The third-order valence-electron chi connectivity index (χ3n) is 5.75. The summed E-state index contributed by atoms with van der Waals surface area (Å²) in [4.78, 5) is 12.9. The van der Waals surface area contributed by atoms with Gasteiger partial charge < -0.3 is 10.1 Å². The van der Waals surface area contributed by atoms with E-state index in [4.69, 9.17) is 4.74 Å². The number of benzene rings is 3. The molecule has 1 amide bonds. The van der Waals surface area contributed by atoms with Crippen molar-refractivity contribution in [3.05, 3.63) is 88.4 Å². The van der Waals surface area contributed by atoms with Crippen LogP contribution in [0.15, 0.2) is 82.2 Å². The fourth-order valence-electron chi connectivity index (χ4n) is 3.85. The summed E-state index contributed by atoms with van der Waals surface area (Å²) >= 11 is 3.48. The van der Waals surface area contributed by atoms with Crippen molar-refractivity contribution >= 4 is 37.5 Å². The SMILES string of the molecule is O=C(Nc1ccc(S(=O)(=O)N2CCCCC2)cc1)c1ccc(OCCc2ccccc2)c(Br)c1. The molecule has 3 aromatic rings. The van der Waals surface area contributed by atoms with E-state index in [2.05, 4.69) is 33.4 Å². The van der Waals surface area contributed by atoms with Gasteiger partial charge >= 0.3 is 0 Å². The fourth-order valence-corrected chi connectivity index (χ4v) is 5.86. The molecule has 8 heteroatoms. The van der Waals surface area contributed by atoms with Crippen molar-refractivity contribution < 1.29 is 17.9 Å². The Kier molecular flexibility index (Phi) is 8.03. The van der Waals surface area contributed by atoms with Gasteiger partial charge in [-0.1, -0.05) is 36.8 Å². The number of ether oxygens (including phenoxy) is 1. The Hall–Kier alpha value is -2.68. The van der Waals surface area contributed by atoms with Crippen LogP contribution in [0.4, 0.5) is 5.69 Å². The third-order valence-corrected chi connectivity index (χ3v) is 8.28. The number of anilines is 1. The lowest BCUT2D eigenvalue weighted by molar-refractivity contribution is 0.102. The van der Waals surface area contributed by atoms with E-state index >= 15 is 0 Å². The Labute approximate surface area is 209 Å². The first-order valence-corrected chi connectivity index (χ1v) is 13.5. The molecule has 1 N–H and O–H groups in total. The van der Waals surface area contributed by atoms with Crippen molar-refractivity contribution in [2.45, 2.75) is 30.6 Å². The molecule has 1 fully saturated rings. The maximum atomic E-state index is 12.8. The molecule has 178 valence electrons. The Morgan fingerprint density at radius 1 is 0.941 bits per heavy atom. The number of nitrogens with zero attached hydrogens (tertiary/aromatic N) is 1. The lowest BCUT2D eigenvalue weighted by atomic mass is 10.1. The van der Waals surface area contributed by atoms with E-state index < -0.39 is 10.0 Å². The number of hydrogen-bond acceptors (Lipinski definition) is 4. The minimum absolute atomic E-state index is 0.243. The molecular formula is C26H27BrN2O4S. The topological polar surface area (TPSA) is 75.7 Å². The van der Waals surface area contributed by atoms with Gasteiger partial charge in [-0.15, -0.1) is 0 Å². The van der Waals surface area contributed by atoms with Gasteiger partial charge in [-0.25, -0.2) is 8.42 Å². The summed E-state index contributed by atoms with van der Waals surface area (Å²) in [5.74, 6) is 0.378. The highest BCUT2D eigenvalue weighted by Gasteiger charge is 2.25. The van der Waals surface area contributed by atoms with Crippen LogP contribution in [0.2, 0.25) is 0 Å². The van der Waals surface area contributed by atoms with Crippen LogP contribution >= 0.6 is 15.9 Å². The first-order valence-electron chi connectivity index (χ1n) is 11.3. The van der Waals surface area contributed by atoms with E-state index in [-0.39, 0.29) is 10.8 Å². The van der Waals surface area contributed by atoms with Gasteiger partial charge in [0.05, 0.1) is 16.0 Å². The molecule has 1 saturated heterocycles. The summed E-state index contributed by atoms with van der Waals surface area (Å²) in [6.45, 7) is 1.64. The molecule has 1 aliphatic rings. The van der Waals surface area contributed by atoms with Crippen LogP contribution in [0.3, 0.4) is 0 Å². The Morgan fingerprint density at radius 2 is 1.65 bits per heavy atom. The molecule has 4 rings (SSSR count). The summed E-state index contributed by atoms with van der Waals surface area (Å²) < 4.78 is 33.7. The molecule has 34 heavy (non-hydrogen) atoms. The first-order chi connectivity index (χ1) is 16.4. The van der Waals surface area contributed by atoms with Gasteiger partial charge in [0.15, 0.2) is 0 Å². The van der Waals surface area contributed by atoms with E-state index in [1.807, 2.05) is 18.2 Å². The van der Waals surface area contributed by atoms with E-state index in [1.54, 1.807) is 42.5 Å². The number of rotatable bonds is 8. The van der Waals surface area contributed by atoms with Crippen LogP contribution in [0.1, 0.15) is 35.2 Å². The van der Waals surface area contributed by atoms with Gasteiger partial charge in [-0.3, -0.25) is 4.79 Å². The maximum absolute atomic E-state index is 12.8. The number of halogens is 1. The number of piperidine rings is 1. The zero-order valence-electron chi connectivity index (χ0n) is 18.7. The average molecular weight is 543 g/mol. The molecule has 0 bridgehead atoms. The van der Waals surface area contributed by atoms with Crippen molar-refractivity contribution in [2.24, 2.45) is 0 Å². The third kappa shape index (κ3) is 6.05. The van der Waals surface area contributed by atoms with Gasteiger partial charge in [0.25, 0.3) is 5.91 Å². The molecule has 1 heterocycles. The largest absolute Gasteiger partial charge is 0.492 e. The maximum Gasteiger partial charge on any atom is 0.255 e. The van der Waals surface area contributed by atoms with Gasteiger partial charge in [-0.05, 0) is 76.8 Å². The Morgan fingerprint density at radius 3 is 2.32 bits per heavy atom. The predicted octanol–water partition coefficient (Wildman–Crippen LogP) is 5.50. The van der Waals surface area contributed by atoms with Gasteiger partial charge in [0, 0.05) is 30.8 Å². The zero-order valence-corrected chi connectivity index (χ0v) is 21.1. The summed E-state index contributed by atoms with van der Waals surface area (Å²) in [5, 5.41) is 2.82. The zero-order chi connectivity index (χ0) is 24.0. The van der Waals surface area contributed by atoms with Crippen molar-refractivity contribution in [1.29, 1.82) is 0 Å². The molecule has 0 unspecified atom stereocenters. The van der Waals surface area contributed by atoms with Gasteiger partial charge in [-0.2, -0.15) is 4.31 Å². The van der Waals surface area contributed by atoms with E-state index in [9.17, 15) is 13.2 Å². The standard InChI is InChI=1S/C26H27BrN2O4S/c27-24-19-21(9-14-25(24)33-18-15-20-7-3-1-4-8-20)26(30)28-22-10-12-23(13-11-22)34(31,32)29-16-5-2-6-17-29/h1,3-4,7-14,19H,2,5-6,15-18H2,(H,28,30). The van der Waals surface area contributed by atoms with Gasteiger partial charge in [0.2, 0.25) is 10.0 Å². The number of hydrogen-bond donors (Lipinski definition) is 1. The lowest BCUT2D eigenvalue weighted by Crippen LogP contribution is -2.35. The fraction of sp³-hybridized carbons (Fsp3) is 0.269. The summed E-state index contributed by atoms with van der Waals surface area (Å²) in [7, 11) is -3.49. The summed E-state index contributed by atoms with van der Waals surface area (Å²) in [6.07, 6.45) is 3.63. The Bertz CT molecular complexity index is 1230. The van der Waals surface area contributed by atoms with Gasteiger partial charge in [0.1, 0.15) is 5.75 Å². The van der Waals surface area contributed by atoms with E-state index in [0.717, 1.165) is 25.7 Å². The molecule has 0 spiro atoms.